The molecule has 2 unspecified atom stereocenters. The summed E-state index contributed by atoms with van der Waals surface area (Å²) in [5.74, 6) is 0.415. The zero-order valence-electron chi connectivity index (χ0n) is 9.66. The molecule has 1 saturated heterocycles. The molecular weight excluding hydrogens is 192 g/mol. The van der Waals surface area contributed by atoms with Gasteiger partial charge in [-0.25, -0.2) is 0 Å². The van der Waals surface area contributed by atoms with Crippen molar-refractivity contribution in [2.45, 2.75) is 45.3 Å². The second-order valence-corrected chi connectivity index (χ2v) is 4.26. The van der Waals surface area contributed by atoms with Crippen molar-refractivity contribution < 1.29 is 9.53 Å². The molecule has 0 saturated carbocycles. The molecule has 0 bridgehead atoms. The number of rotatable bonds is 5. The van der Waals surface area contributed by atoms with Gasteiger partial charge < -0.3 is 15.8 Å². The molecule has 0 aromatic heterocycles. The molecule has 0 radical (unpaired) electrons. The Bertz CT molecular complexity index is 209. The Morgan fingerprint density at radius 2 is 2.40 bits per heavy atom. The van der Waals surface area contributed by atoms with Crippen molar-refractivity contribution in [3.8, 4) is 0 Å². The summed E-state index contributed by atoms with van der Waals surface area (Å²) in [5.41, 5.74) is 5.70. The summed E-state index contributed by atoms with van der Waals surface area (Å²) in [4.78, 5) is 11.5. The highest BCUT2D eigenvalue weighted by Crippen LogP contribution is 2.19. The minimum Gasteiger partial charge on any atom is -0.378 e. The minimum absolute atomic E-state index is 0.0315. The van der Waals surface area contributed by atoms with E-state index in [1.165, 1.54) is 0 Å². The minimum atomic E-state index is -0.354. The van der Waals surface area contributed by atoms with Gasteiger partial charge in [-0.2, -0.15) is 0 Å². The van der Waals surface area contributed by atoms with Crippen LogP contribution < -0.4 is 11.1 Å². The number of carbonyl (C=O) groups excluding carboxylic acids is 1. The highest BCUT2D eigenvalue weighted by atomic mass is 16.5. The van der Waals surface area contributed by atoms with Gasteiger partial charge in [0, 0.05) is 19.1 Å². The van der Waals surface area contributed by atoms with Crippen LogP contribution in [0.15, 0.2) is 0 Å². The molecule has 4 heteroatoms. The maximum absolute atomic E-state index is 11.5. The van der Waals surface area contributed by atoms with Crippen LogP contribution in [-0.2, 0) is 9.53 Å². The Morgan fingerprint density at radius 1 is 1.67 bits per heavy atom. The topological polar surface area (TPSA) is 64.4 Å². The summed E-state index contributed by atoms with van der Waals surface area (Å²) in [6.07, 6.45) is 2.98. The maximum Gasteiger partial charge on any atom is 0.236 e. The summed E-state index contributed by atoms with van der Waals surface area (Å²) in [6, 6.07) is -0.354. The van der Waals surface area contributed by atoms with Gasteiger partial charge in [0.1, 0.15) is 0 Å². The monoisotopic (exact) mass is 214 g/mol. The highest BCUT2D eigenvalue weighted by Gasteiger charge is 2.25. The molecule has 3 N–H and O–H groups in total. The number of hydrogen-bond acceptors (Lipinski definition) is 3. The third kappa shape index (κ3) is 3.80. The van der Waals surface area contributed by atoms with Crippen LogP contribution in [0.4, 0.5) is 0 Å². The lowest BCUT2D eigenvalue weighted by Gasteiger charge is -2.16. The predicted molar refractivity (Wildman–Crippen MR) is 59.4 cm³/mol. The van der Waals surface area contributed by atoms with E-state index in [2.05, 4.69) is 12.2 Å². The van der Waals surface area contributed by atoms with E-state index in [0.717, 1.165) is 25.9 Å². The van der Waals surface area contributed by atoms with Crippen molar-refractivity contribution in [1.82, 2.24) is 5.32 Å². The summed E-state index contributed by atoms with van der Waals surface area (Å²) in [6.45, 7) is 5.58. The van der Waals surface area contributed by atoms with Gasteiger partial charge in [-0.1, -0.05) is 13.3 Å². The molecular formula is C11H22N2O2. The van der Waals surface area contributed by atoms with Gasteiger partial charge in [0.2, 0.25) is 5.91 Å². The zero-order chi connectivity index (χ0) is 11.3. The fourth-order valence-corrected chi connectivity index (χ4v) is 1.85. The van der Waals surface area contributed by atoms with E-state index in [-0.39, 0.29) is 18.1 Å². The number of amides is 1. The van der Waals surface area contributed by atoms with Crippen molar-refractivity contribution >= 4 is 5.91 Å². The van der Waals surface area contributed by atoms with Gasteiger partial charge in [0.25, 0.3) is 0 Å². The first-order valence-electron chi connectivity index (χ1n) is 5.80. The molecule has 0 spiro atoms. The maximum atomic E-state index is 11.5. The van der Waals surface area contributed by atoms with E-state index in [9.17, 15) is 4.79 Å². The van der Waals surface area contributed by atoms with Crippen LogP contribution in [0.2, 0.25) is 0 Å². The normalized spacial score (nSPS) is 27.7. The van der Waals surface area contributed by atoms with Crippen LogP contribution in [-0.4, -0.2) is 31.2 Å². The third-order valence-corrected chi connectivity index (χ3v) is 3.01. The number of hydrogen-bond donors (Lipinski definition) is 2. The fourth-order valence-electron chi connectivity index (χ4n) is 1.85. The van der Waals surface area contributed by atoms with Crippen molar-refractivity contribution in [3.05, 3.63) is 0 Å². The smallest absolute Gasteiger partial charge is 0.236 e. The first-order valence-corrected chi connectivity index (χ1v) is 5.80. The molecule has 4 nitrogen and oxygen atoms in total. The molecule has 0 aliphatic carbocycles. The molecule has 88 valence electrons. The SMILES string of the molecule is CCC[C@@H](N)C(=O)NCC1CCOC1C. The van der Waals surface area contributed by atoms with E-state index in [0.29, 0.717) is 12.5 Å². The standard InChI is InChI=1S/C11H22N2O2/c1-3-4-10(12)11(14)13-7-9-5-6-15-8(9)2/h8-10H,3-7,12H2,1-2H3,(H,13,14)/t8?,9?,10-/m1/s1. The van der Waals surface area contributed by atoms with Crippen LogP contribution in [0, 0.1) is 5.92 Å². The van der Waals surface area contributed by atoms with Crippen LogP contribution in [0.3, 0.4) is 0 Å². The Labute approximate surface area is 91.5 Å². The Balaban J connectivity index is 2.21. The van der Waals surface area contributed by atoms with E-state index in [4.69, 9.17) is 10.5 Å². The zero-order valence-corrected chi connectivity index (χ0v) is 9.66. The average molecular weight is 214 g/mol. The van der Waals surface area contributed by atoms with Crippen molar-refractivity contribution in [2.24, 2.45) is 11.7 Å². The Morgan fingerprint density at radius 3 is 2.93 bits per heavy atom. The van der Waals surface area contributed by atoms with Crippen LogP contribution in [0.5, 0.6) is 0 Å². The molecule has 1 amide bonds. The lowest BCUT2D eigenvalue weighted by Crippen LogP contribution is -2.43. The second kappa shape index (κ2) is 6.08. The first kappa shape index (κ1) is 12.5. The van der Waals surface area contributed by atoms with E-state index in [1.54, 1.807) is 0 Å². The molecule has 0 aromatic rings. The average Bonchev–Trinajstić information content (AvgIpc) is 2.61. The molecule has 1 aliphatic heterocycles. The summed E-state index contributed by atoms with van der Waals surface area (Å²) in [7, 11) is 0. The van der Waals surface area contributed by atoms with E-state index in [1.807, 2.05) is 6.92 Å². The van der Waals surface area contributed by atoms with Crippen LogP contribution >= 0.6 is 0 Å². The second-order valence-electron chi connectivity index (χ2n) is 4.26. The van der Waals surface area contributed by atoms with Gasteiger partial charge >= 0.3 is 0 Å². The number of nitrogens with one attached hydrogen (secondary N) is 1. The lowest BCUT2D eigenvalue weighted by molar-refractivity contribution is -0.122. The molecule has 1 aliphatic rings. The molecule has 1 rings (SSSR count). The van der Waals surface area contributed by atoms with Crippen LogP contribution in [0.1, 0.15) is 33.1 Å². The lowest BCUT2D eigenvalue weighted by atomic mass is 10.0. The molecule has 1 fully saturated rings. The number of ether oxygens (including phenoxy) is 1. The summed E-state index contributed by atoms with van der Waals surface area (Å²) in [5, 5.41) is 2.90. The van der Waals surface area contributed by atoms with Crippen molar-refractivity contribution in [3.63, 3.8) is 0 Å². The fraction of sp³-hybridized carbons (Fsp3) is 0.909. The highest BCUT2D eigenvalue weighted by molar-refractivity contribution is 5.81. The van der Waals surface area contributed by atoms with E-state index < -0.39 is 0 Å². The van der Waals surface area contributed by atoms with Gasteiger partial charge in [0.05, 0.1) is 12.1 Å². The van der Waals surface area contributed by atoms with Gasteiger partial charge in [-0.05, 0) is 19.8 Å². The number of nitrogens with two attached hydrogens (primary N) is 1. The van der Waals surface area contributed by atoms with Gasteiger partial charge in [-0.15, -0.1) is 0 Å². The van der Waals surface area contributed by atoms with Gasteiger partial charge in [-0.3, -0.25) is 4.79 Å². The first-order chi connectivity index (χ1) is 7.15. The Hall–Kier alpha value is -0.610. The predicted octanol–water partition coefficient (Wildman–Crippen LogP) is 0.655. The molecule has 3 atom stereocenters. The quantitative estimate of drug-likeness (QED) is 0.706. The third-order valence-electron chi connectivity index (χ3n) is 3.01. The van der Waals surface area contributed by atoms with Gasteiger partial charge in [0.15, 0.2) is 0 Å². The Kier molecular flexibility index (Phi) is 5.05. The largest absolute Gasteiger partial charge is 0.378 e. The summed E-state index contributed by atoms with van der Waals surface area (Å²) >= 11 is 0. The van der Waals surface area contributed by atoms with E-state index >= 15 is 0 Å². The molecule has 1 heterocycles. The van der Waals surface area contributed by atoms with Crippen molar-refractivity contribution in [1.29, 1.82) is 0 Å². The molecule has 15 heavy (non-hydrogen) atoms. The van der Waals surface area contributed by atoms with Crippen LogP contribution in [0.25, 0.3) is 0 Å². The molecule has 0 aromatic carbocycles. The van der Waals surface area contributed by atoms with Crippen molar-refractivity contribution in [2.75, 3.05) is 13.2 Å². The summed E-state index contributed by atoms with van der Waals surface area (Å²) < 4.78 is 5.42. The number of carbonyl (C=O) groups is 1.